The van der Waals surface area contributed by atoms with E-state index in [-0.39, 0.29) is 24.6 Å². The summed E-state index contributed by atoms with van der Waals surface area (Å²) in [5, 5.41) is 9.25. The van der Waals surface area contributed by atoms with E-state index in [1.54, 1.807) is 0 Å². The van der Waals surface area contributed by atoms with Gasteiger partial charge in [0, 0.05) is 18.7 Å². The lowest BCUT2D eigenvalue weighted by molar-refractivity contribution is -0.128. The van der Waals surface area contributed by atoms with Gasteiger partial charge in [0.05, 0.1) is 6.54 Å². The first-order chi connectivity index (χ1) is 8.54. The fourth-order valence-corrected chi connectivity index (χ4v) is 1.67. The second-order valence-electron chi connectivity index (χ2n) is 3.95. The van der Waals surface area contributed by atoms with Gasteiger partial charge in [-0.25, -0.2) is 8.78 Å². The van der Waals surface area contributed by atoms with Crippen LogP contribution in [0.15, 0.2) is 42.3 Å². The molecular weight excluding hydrogens is 240 g/mol. The number of hydrogen-bond donors (Lipinski definition) is 1. The van der Waals surface area contributed by atoms with Crippen LogP contribution in [0.1, 0.15) is 12.0 Å². The molecule has 0 saturated carbocycles. The summed E-state index contributed by atoms with van der Waals surface area (Å²) in [6.07, 6.45) is 4.19. The fraction of sp³-hybridized carbons (Fsp3) is 0.154. The first kappa shape index (κ1) is 12.3. The Hall–Kier alpha value is -2.17. The van der Waals surface area contributed by atoms with Crippen molar-refractivity contribution >= 4 is 5.91 Å². The molecule has 1 aliphatic heterocycles. The fourth-order valence-electron chi connectivity index (χ4n) is 1.67. The molecule has 3 nitrogen and oxygen atoms in total. The van der Waals surface area contributed by atoms with Gasteiger partial charge in [-0.2, -0.15) is 0 Å². The Morgan fingerprint density at radius 3 is 2.56 bits per heavy atom. The minimum Gasteiger partial charge on any atom is -0.508 e. The smallest absolute Gasteiger partial charge is 0.230 e. The number of amides is 1. The maximum absolute atomic E-state index is 13.0. The molecule has 94 valence electrons. The third kappa shape index (κ3) is 2.94. The maximum atomic E-state index is 13.0. The highest BCUT2D eigenvalue weighted by Gasteiger charge is 2.14. The van der Waals surface area contributed by atoms with Crippen LogP contribution >= 0.6 is 0 Å². The van der Waals surface area contributed by atoms with Gasteiger partial charge in [0.15, 0.2) is 0 Å². The van der Waals surface area contributed by atoms with Crippen LogP contribution in [0, 0.1) is 11.6 Å². The first-order valence-corrected chi connectivity index (χ1v) is 5.36. The van der Waals surface area contributed by atoms with E-state index < -0.39 is 11.6 Å². The van der Waals surface area contributed by atoms with Gasteiger partial charge in [-0.1, -0.05) is 0 Å². The van der Waals surface area contributed by atoms with Crippen molar-refractivity contribution in [3.63, 3.8) is 0 Å². The summed E-state index contributed by atoms with van der Waals surface area (Å²) in [4.78, 5) is 13.0. The van der Waals surface area contributed by atoms with Crippen molar-refractivity contribution in [1.82, 2.24) is 4.90 Å². The molecule has 0 radical (unpaired) electrons. The molecule has 0 unspecified atom stereocenters. The summed E-state index contributed by atoms with van der Waals surface area (Å²) in [5.41, 5.74) is 0.354. The minimum absolute atomic E-state index is 0.00345. The average Bonchev–Trinajstić information content (AvgIpc) is 2.43. The van der Waals surface area contributed by atoms with Crippen molar-refractivity contribution in [2.75, 3.05) is 0 Å². The van der Waals surface area contributed by atoms with Crippen LogP contribution in [0.3, 0.4) is 0 Å². The molecule has 18 heavy (non-hydrogen) atoms. The summed E-state index contributed by atoms with van der Waals surface area (Å²) in [7, 11) is 0. The Bertz CT molecular complexity index is 518. The van der Waals surface area contributed by atoms with E-state index in [2.05, 4.69) is 0 Å². The number of nitrogens with zero attached hydrogens (tertiary/aromatic N) is 1. The van der Waals surface area contributed by atoms with E-state index in [9.17, 15) is 18.7 Å². The number of halogens is 2. The molecule has 0 spiro atoms. The summed E-state index contributed by atoms with van der Waals surface area (Å²) in [6.45, 7) is 0.0606. The minimum atomic E-state index is -0.683. The molecule has 0 fully saturated rings. The third-order valence-electron chi connectivity index (χ3n) is 2.51. The molecule has 1 heterocycles. The molecular formula is C13H11F2NO2. The monoisotopic (exact) mass is 251 g/mol. The van der Waals surface area contributed by atoms with Crippen molar-refractivity contribution in [3.05, 3.63) is 59.5 Å². The summed E-state index contributed by atoms with van der Waals surface area (Å²) in [5.74, 6) is -1.62. The largest absolute Gasteiger partial charge is 0.508 e. The van der Waals surface area contributed by atoms with Gasteiger partial charge in [0.25, 0.3) is 0 Å². The molecule has 1 aromatic rings. The van der Waals surface area contributed by atoms with Crippen molar-refractivity contribution in [1.29, 1.82) is 0 Å². The molecule has 1 amide bonds. The van der Waals surface area contributed by atoms with Crippen LogP contribution in [0.5, 0.6) is 0 Å². The van der Waals surface area contributed by atoms with Gasteiger partial charge in [-0.3, -0.25) is 4.79 Å². The number of aliphatic hydroxyl groups is 1. The highest BCUT2D eigenvalue weighted by molar-refractivity contribution is 5.79. The molecule has 0 bridgehead atoms. The van der Waals surface area contributed by atoms with Crippen LogP contribution in [-0.4, -0.2) is 15.9 Å². The van der Waals surface area contributed by atoms with Crippen LogP contribution in [0.25, 0.3) is 0 Å². The standard InChI is InChI=1S/C13H11F2NO2/c14-10-5-9(6-11(15)7-10)8-16-4-3-12(17)1-2-13(16)18/h1,3-7,17H,2,8H2. The molecule has 1 aromatic carbocycles. The SMILES string of the molecule is O=C1CC=C(O)C=CN1Cc1cc(F)cc(F)c1. The number of hydrogen-bond acceptors (Lipinski definition) is 2. The predicted molar refractivity (Wildman–Crippen MR) is 61.4 cm³/mol. The number of benzene rings is 1. The van der Waals surface area contributed by atoms with Crippen LogP contribution in [0.4, 0.5) is 8.78 Å². The molecule has 2 rings (SSSR count). The number of rotatable bonds is 2. The summed E-state index contributed by atoms with van der Waals surface area (Å²) < 4.78 is 26.0. The first-order valence-electron chi connectivity index (χ1n) is 5.36. The molecule has 1 aliphatic rings. The van der Waals surface area contributed by atoms with Crippen molar-refractivity contribution in [2.24, 2.45) is 0 Å². The molecule has 0 saturated heterocycles. The van der Waals surface area contributed by atoms with Gasteiger partial charge in [-0.05, 0) is 29.8 Å². The Morgan fingerprint density at radius 2 is 1.89 bits per heavy atom. The Morgan fingerprint density at radius 1 is 1.22 bits per heavy atom. The molecule has 5 heteroatoms. The van der Waals surface area contributed by atoms with Crippen LogP contribution < -0.4 is 0 Å². The maximum Gasteiger partial charge on any atom is 0.230 e. The molecule has 1 N–H and O–H groups in total. The molecule has 0 aromatic heterocycles. The Balaban J connectivity index is 2.18. The normalized spacial score (nSPS) is 15.6. The Kier molecular flexibility index (Phi) is 3.41. The lowest BCUT2D eigenvalue weighted by Crippen LogP contribution is -2.24. The molecule has 0 aliphatic carbocycles. The highest BCUT2D eigenvalue weighted by atomic mass is 19.1. The zero-order valence-electron chi connectivity index (χ0n) is 9.44. The van der Waals surface area contributed by atoms with Gasteiger partial charge < -0.3 is 10.0 Å². The Labute approximate surface area is 103 Å². The lowest BCUT2D eigenvalue weighted by atomic mass is 10.2. The van der Waals surface area contributed by atoms with E-state index in [1.165, 1.54) is 35.4 Å². The zero-order chi connectivity index (χ0) is 13.1. The lowest BCUT2D eigenvalue weighted by Gasteiger charge is -2.16. The number of carbonyl (C=O) groups is 1. The average molecular weight is 251 g/mol. The quantitative estimate of drug-likeness (QED) is 0.877. The van der Waals surface area contributed by atoms with E-state index in [0.29, 0.717) is 5.56 Å². The van der Waals surface area contributed by atoms with E-state index in [1.807, 2.05) is 0 Å². The second kappa shape index (κ2) is 5.00. The van der Waals surface area contributed by atoms with E-state index in [4.69, 9.17) is 0 Å². The van der Waals surface area contributed by atoms with Gasteiger partial charge in [0.1, 0.15) is 17.4 Å². The number of allylic oxidation sites excluding steroid dienone is 1. The van der Waals surface area contributed by atoms with Crippen LogP contribution in [0.2, 0.25) is 0 Å². The third-order valence-corrected chi connectivity index (χ3v) is 2.51. The van der Waals surface area contributed by atoms with Crippen molar-refractivity contribution in [2.45, 2.75) is 13.0 Å². The molecule has 0 atom stereocenters. The van der Waals surface area contributed by atoms with Gasteiger partial charge in [-0.15, -0.1) is 0 Å². The topological polar surface area (TPSA) is 40.5 Å². The number of carbonyl (C=O) groups excluding carboxylic acids is 1. The summed E-state index contributed by atoms with van der Waals surface area (Å²) in [6, 6.07) is 3.11. The van der Waals surface area contributed by atoms with Gasteiger partial charge in [0.2, 0.25) is 5.91 Å². The van der Waals surface area contributed by atoms with Crippen molar-refractivity contribution in [3.8, 4) is 0 Å². The second-order valence-corrected chi connectivity index (χ2v) is 3.95. The predicted octanol–water partition coefficient (Wildman–Crippen LogP) is 2.65. The highest BCUT2D eigenvalue weighted by Crippen LogP contribution is 2.14. The van der Waals surface area contributed by atoms with Crippen LogP contribution in [-0.2, 0) is 11.3 Å². The zero-order valence-corrected chi connectivity index (χ0v) is 9.44. The van der Waals surface area contributed by atoms with Gasteiger partial charge >= 0.3 is 0 Å². The summed E-state index contributed by atoms with van der Waals surface area (Å²) >= 11 is 0. The van der Waals surface area contributed by atoms with E-state index in [0.717, 1.165) is 6.07 Å². The van der Waals surface area contributed by atoms with Crippen molar-refractivity contribution < 1.29 is 18.7 Å². The number of aliphatic hydroxyl groups excluding tert-OH is 1. The van der Waals surface area contributed by atoms with E-state index >= 15 is 0 Å².